The van der Waals surface area contributed by atoms with Gasteiger partial charge in [-0.3, -0.25) is 4.79 Å². The third-order valence-electron chi connectivity index (χ3n) is 3.87. The molecule has 0 saturated heterocycles. The monoisotopic (exact) mass is 409 g/mol. The lowest BCUT2D eigenvalue weighted by molar-refractivity contribution is -0.137. The molecule has 7 heteroatoms. The molecule has 0 unspecified atom stereocenters. The number of anilines is 1. The van der Waals surface area contributed by atoms with Gasteiger partial charge in [-0.05, 0) is 47.5 Å². The lowest BCUT2D eigenvalue weighted by Crippen LogP contribution is -2.13. The summed E-state index contributed by atoms with van der Waals surface area (Å²) >= 11 is 11.8. The number of carbonyl (C=O) groups excluding carboxylic acids is 1. The van der Waals surface area contributed by atoms with Gasteiger partial charge in [-0.2, -0.15) is 13.2 Å². The van der Waals surface area contributed by atoms with Gasteiger partial charge in [-0.1, -0.05) is 53.5 Å². The van der Waals surface area contributed by atoms with E-state index in [0.29, 0.717) is 32.4 Å². The molecule has 0 aliphatic carbocycles. The van der Waals surface area contributed by atoms with Crippen molar-refractivity contribution in [3.8, 4) is 11.1 Å². The topological polar surface area (TPSA) is 29.1 Å². The molecule has 3 aromatic carbocycles. The summed E-state index contributed by atoms with van der Waals surface area (Å²) in [5.41, 5.74) is 1.05. The van der Waals surface area contributed by atoms with E-state index in [2.05, 4.69) is 5.32 Å². The van der Waals surface area contributed by atoms with E-state index in [1.165, 1.54) is 18.2 Å². The van der Waals surface area contributed by atoms with Gasteiger partial charge in [0.25, 0.3) is 5.91 Å². The fourth-order valence-electron chi connectivity index (χ4n) is 2.54. The number of rotatable bonds is 3. The smallest absolute Gasteiger partial charge is 0.322 e. The molecule has 0 saturated carbocycles. The quantitative estimate of drug-likeness (QED) is 0.498. The summed E-state index contributed by atoms with van der Waals surface area (Å²) in [5.74, 6) is -0.413. The van der Waals surface area contributed by atoms with Crippen molar-refractivity contribution < 1.29 is 18.0 Å². The summed E-state index contributed by atoms with van der Waals surface area (Å²) < 4.78 is 38.2. The van der Waals surface area contributed by atoms with E-state index in [9.17, 15) is 18.0 Å². The Morgan fingerprint density at radius 2 is 1.52 bits per heavy atom. The largest absolute Gasteiger partial charge is 0.416 e. The number of nitrogens with one attached hydrogen (secondary N) is 1. The third-order valence-corrected chi connectivity index (χ3v) is 4.61. The van der Waals surface area contributed by atoms with Crippen molar-refractivity contribution >= 4 is 34.8 Å². The Balaban J connectivity index is 1.91. The second kappa shape index (κ2) is 7.62. The van der Waals surface area contributed by atoms with Gasteiger partial charge in [0.15, 0.2) is 0 Å². The van der Waals surface area contributed by atoms with Crippen LogP contribution in [0.3, 0.4) is 0 Å². The van der Waals surface area contributed by atoms with Crippen molar-refractivity contribution in [2.24, 2.45) is 0 Å². The molecule has 0 aliphatic heterocycles. The van der Waals surface area contributed by atoms with Crippen LogP contribution in [0.4, 0.5) is 18.9 Å². The molecule has 138 valence electrons. The minimum absolute atomic E-state index is 0.297. The van der Waals surface area contributed by atoms with Crippen LogP contribution in [-0.2, 0) is 6.18 Å². The highest BCUT2D eigenvalue weighted by Crippen LogP contribution is 2.32. The first-order chi connectivity index (χ1) is 12.8. The Hall–Kier alpha value is -2.50. The first kappa shape index (κ1) is 19.3. The van der Waals surface area contributed by atoms with E-state index < -0.39 is 17.6 Å². The Labute approximate surface area is 163 Å². The van der Waals surface area contributed by atoms with E-state index in [0.717, 1.165) is 12.1 Å². The van der Waals surface area contributed by atoms with Crippen LogP contribution >= 0.6 is 23.2 Å². The van der Waals surface area contributed by atoms with E-state index in [1.54, 1.807) is 36.4 Å². The molecule has 2 nitrogen and oxygen atoms in total. The maximum absolute atomic E-state index is 12.7. The summed E-state index contributed by atoms with van der Waals surface area (Å²) in [6.07, 6.45) is -4.41. The van der Waals surface area contributed by atoms with Gasteiger partial charge in [0, 0.05) is 11.3 Å². The van der Waals surface area contributed by atoms with Gasteiger partial charge in [0.1, 0.15) is 0 Å². The lowest BCUT2D eigenvalue weighted by atomic mass is 9.98. The molecule has 3 rings (SSSR count). The average Bonchev–Trinajstić information content (AvgIpc) is 2.64. The fourth-order valence-corrected chi connectivity index (χ4v) is 2.84. The molecule has 1 amide bonds. The van der Waals surface area contributed by atoms with Gasteiger partial charge < -0.3 is 5.32 Å². The zero-order valence-electron chi connectivity index (χ0n) is 13.6. The van der Waals surface area contributed by atoms with Crippen molar-refractivity contribution in [3.05, 3.63) is 87.9 Å². The molecular weight excluding hydrogens is 398 g/mol. The van der Waals surface area contributed by atoms with Crippen LogP contribution in [0.5, 0.6) is 0 Å². The third kappa shape index (κ3) is 4.43. The molecule has 3 aromatic rings. The minimum atomic E-state index is -4.41. The maximum Gasteiger partial charge on any atom is 0.416 e. The Morgan fingerprint density at radius 3 is 2.15 bits per heavy atom. The van der Waals surface area contributed by atoms with E-state index in [-0.39, 0.29) is 0 Å². The van der Waals surface area contributed by atoms with Crippen LogP contribution in [0, 0.1) is 0 Å². The van der Waals surface area contributed by atoms with Gasteiger partial charge in [0.2, 0.25) is 0 Å². The van der Waals surface area contributed by atoms with Crippen LogP contribution in [0.1, 0.15) is 15.9 Å². The zero-order chi connectivity index (χ0) is 19.6. The predicted molar refractivity (Wildman–Crippen MR) is 101 cm³/mol. The Morgan fingerprint density at radius 1 is 0.852 bits per heavy atom. The van der Waals surface area contributed by atoms with Gasteiger partial charge in [0.05, 0.1) is 15.6 Å². The molecule has 0 bridgehead atoms. The molecule has 0 spiro atoms. The van der Waals surface area contributed by atoms with Crippen molar-refractivity contribution in [2.75, 3.05) is 5.32 Å². The molecule has 0 fully saturated rings. The standard InChI is InChI=1S/C20H12Cl2F3NO/c21-17-10-9-14(11-18(17)22)26-19(27)16-4-2-1-3-15(16)12-5-7-13(8-6-12)20(23,24)25/h1-11H,(H,26,27). The Kier molecular flexibility index (Phi) is 5.44. The average molecular weight is 410 g/mol. The van der Waals surface area contributed by atoms with Crippen molar-refractivity contribution in [2.45, 2.75) is 6.18 Å². The highest BCUT2D eigenvalue weighted by molar-refractivity contribution is 6.42. The highest BCUT2D eigenvalue weighted by atomic mass is 35.5. The Bertz CT molecular complexity index is 985. The summed E-state index contributed by atoms with van der Waals surface area (Å²) in [7, 11) is 0. The normalized spacial score (nSPS) is 11.3. The van der Waals surface area contributed by atoms with E-state index in [1.807, 2.05) is 0 Å². The number of alkyl halides is 3. The predicted octanol–water partition coefficient (Wildman–Crippen LogP) is 6.93. The highest BCUT2D eigenvalue weighted by Gasteiger charge is 2.30. The van der Waals surface area contributed by atoms with Crippen molar-refractivity contribution in [3.63, 3.8) is 0 Å². The first-order valence-corrected chi connectivity index (χ1v) is 8.54. The van der Waals surface area contributed by atoms with Crippen LogP contribution < -0.4 is 5.32 Å². The molecule has 27 heavy (non-hydrogen) atoms. The molecule has 1 N–H and O–H groups in total. The van der Waals surface area contributed by atoms with Crippen molar-refractivity contribution in [1.29, 1.82) is 0 Å². The van der Waals surface area contributed by atoms with Crippen LogP contribution in [0.15, 0.2) is 66.7 Å². The molecule has 0 heterocycles. The van der Waals surface area contributed by atoms with Gasteiger partial charge >= 0.3 is 6.18 Å². The van der Waals surface area contributed by atoms with E-state index >= 15 is 0 Å². The summed E-state index contributed by atoms with van der Waals surface area (Å²) in [5, 5.41) is 3.37. The second-order valence-corrected chi connectivity index (χ2v) is 6.52. The number of carbonyl (C=O) groups is 1. The number of hydrogen-bond acceptors (Lipinski definition) is 1. The molecule has 0 radical (unpaired) electrons. The van der Waals surface area contributed by atoms with Crippen molar-refractivity contribution in [1.82, 2.24) is 0 Å². The van der Waals surface area contributed by atoms with E-state index in [4.69, 9.17) is 23.2 Å². The summed E-state index contributed by atoms with van der Waals surface area (Å²) in [6.45, 7) is 0. The molecule has 0 aromatic heterocycles. The number of halogens is 5. The van der Waals surface area contributed by atoms with Crippen LogP contribution in [0.2, 0.25) is 10.0 Å². The minimum Gasteiger partial charge on any atom is -0.322 e. The van der Waals surface area contributed by atoms with Crippen LogP contribution in [0.25, 0.3) is 11.1 Å². The SMILES string of the molecule is O=C(Nc1ccc(Cl)c(Cl)c1)c1ccccc1-c1ccc(C(F)(F)F)cc1. The van der Waals surface area contributed by atoms with Gasteiger partial charge in [-0.25, -0.2) is 0 Å². The number of amides is 1. The van der Waals surface area contributed by atoms with Gasteiger partial charge in [-0.15, -0.1) is 0 Å². The number of benzene rings is 3. The zero-order valence-corrected chi connectivity index (χ0v) is 15.2. The molecule has 0 atom stereocenters. The summed E-state index contributed by atoms with van der Waals surface area (Å²) in [4.78, 5) is 12.7. The first-order valence-electron chi connectivity index (χ1n) is 7.79. The lowest BCUT2D eigenvalue weighted by Gasteiger charge is -2.12. The molecule has 0 aliphatic rings. The second-order valence-electron chi connectivity index (χ2n) is 5.70. The number of hydrogen-bond donors (Lipinski definition) is 1. The maximum atomic E-state index is 12.7. The summed E-state index contributed by atoms with van der Waals surface area (Å²) in [6, 6.07) is 16.0. The van der Waals surface area contributed by atoms with Crippen LogP contribution in [-0.4, -0.2) is 5.91 Å². The molecular formula is C20H12Cl2F3NO. The fraction of sp³-hybridized carbons (Fsp3) is 0.0500.